The van der Waals surface area contributed by atoms with Crippen LogP contribution >= 0.6 is 0 Å². The third-order valence-electron chi connectivity index (χ3n) is 4.92. The zero-order valence-electron chi connectivity index (χ0n) is 16.7. The first kappa shape index (κ1) is 19.4. The number of ether oxygens (including phenoxy) is 1. The van der Waals surface area contributed by atoms with Gasteiger partial charge in [0.1, 0.15) is 11.6 Å². The topological polar surface area (TPSA) is 104 Å². The van der Waals surface area contributed by atoms with Crippen molar-refractivity contribution in [3.05, 3.63) is 76.5 Å². The standard InChI is InChI=1S/C22H21N5O3/c1-3-27(13-19-24-18-7-5-4-6-16(18)21(28)25-19)22(29)17-12-23-26-20(17)14-8-10-15(30-2)11-9-14/h4-12H,3,13H2,1-2H3,(H,23,26)(H,24,25,28). The van der Waals surface area contributed by atoms with Gasteiger partial charge in [0.25, 0.3) is 11.5 Å². The van der Waals surface area contributed by atoms with Crippen LogP contribution in [0, 0.1) is 0 Å². The van der Waals surface area contributed by atoms with Crippen molar-refractivity contribution < 1.29 is 9.53 Å². The van der Waals surface area contributed by atoms with Crippen LogP contribution in [0.15, 0.2) is 59.5 Å². The monoisotopic (exact) mass is 403 g/mol. The predicted molar refractivity (Wildman–Crippen MR) is 113 cm³/mol. The average molecular weight is 403 g/mol. The third-order valence-corrected chi connectivity index (χ3v) is 4.92. The number of fused-ring (bicyclic) bond motifs is 1. The van der Waals surface area contributed by atoms with E-state index in [2.05, 4.69) is 20.2 Å². The second kappa shape index (κ2) is 8.20. The van der Waals surface area contributed by atoms with E-state index in [1.807, 2.05) is 37.3 Å². The molecule has 0 saturated heterocycles. The number of H-pyrrole nitrogens is 2. The summed E-state index contributed by atoms with van der Waals surface area (Å²) in [6, 6.07) is 14.5. The highest BCUT2D eigenvalue weighted by Gasteiger charge is 2.21. The lowest BCUT2D eigenvalue weighted by Gasteiger charge is -2.20. The Morgan fingerprint density at radius 3 is 2.63 bits per heavy atom. The molecule has 1 amide bonds. The van der Waals surface area contributed by atoms with Crippen LogP contribution in [0.25, 0.3) is 22.2 Å². The van der Waals surface area contributed by atoms with Gasteiger partial charge in [0.2, 0.25) is 0 Å². The molecule has 0 saturated carbocycles. The number of amides is 1. The van der Waals surface area contributed by atoms with Gasteiger partial charge in [0.15, 0.2) is 0 Å². The van der Waals surface area contributed by atoms with E-state index in [0.29, 0.717) is 34.5 Å². The van der Waals surface area contributed by atoms with Crippen molar-refractivity contribution in [2.75, 3.05) is 13.7 Å². The Morgan fingerprint density at radius 1 is 1.13 bits per heavy atom. The van der Waals surface area contributed by atoms with E-state index in [4.69, 9.17) is 4.74 Å². The second-order valence-electron chi connectivity index (χ2n) is 6.74. The molecule has 2 aromatic carbocycles. The largest absolute Gasteiger partial charge is 0.497 e. The summed E-state index contributed by atoms with van der Waals surface area (Å²) in [7, 11) is 1.60. The minimum atomic E-state index is -0.221. The Hall–Kier alpha value is -3.94. The first-order chi connectivity index (χ1) is 14.6. The number of rotatable bonds is 6. The van der Waals surface area contributed by atoms with Gasteiger partial charge in [-0.1, -0.05) is 12.1 Å². The molecule has 0 radical (unpaired) electrons. The Kier molecular flexibility index (Phi) is 5.30. The van der Waals surface area contributed by atoms with Crippen molar-refractivity contribution in [3.63, 3.8) is 0 Å². The van der Waals surface area contributed by atoms with E-state index >= 15 is 0 Å². The molecule has 152 valence electrons. The molecule has 2 aromatic heterocycles. The van der Waals surface area contributed by atoms with Crippen molar-refractivity contribution >= 4 is 16.8 Å². The van der Waals surface area contributed by atoms with E-state index in [9.17, 15) is 9.59 Å². The highest BCUT2D eigenvalue weighted by molar-refractivity contribution is 5.99. The predicted octanol–water partition coefficient (Wildman–Crippen LogP) is 2.98. The molecule has 30 heavy (non-hydrogen) atoms. The van der Waals surface area contributed by atoms with Gasteiger partial charge >= 0.3 is 0 Å². The number of benzene rings is 2. The third kappa shape index (κ3) is 3.67. The van der Waals surface area contributed by atoms with Crippen molar-refractivity contribution in [2.24, 2.45) is 0 Å². The summed E-state index contributed by atoms with van der Waals surface area (Å²) in [5.41, 5.74) is 2.28. The first-order valence-electron chi connectivity index (χ1n) is 9.55. The Morgan fingerprint density at radius 2 is 1.90 bits per heavy atom. The molecule has 0 fully saturated rings. The van der Waals surface area contributed by atoms with Gasteiger partial charge in [-0.3, -0.25) is 14.7 Å². The zero-order valence-corrected chi connectivity index (χ0v) is 16.7. The summed E-state index contributed by atoms with van der Waals surface area (Å²) in [4.78, 5) is 34.5. The number of carbonyl (C=O) groups excluding carboxylic acids is 1. The van der Waals surface area contributed by atoms with Crippen LogP contribution in [0.3, 0.4) is 0 Å². The van der Waals surface area contributed by atoms with Gasteiger partial charge in [0.05, 0.1) is 42.0 Å². The van der Waals surface area contributed by atoms with Crippen LogP contribution < -0.4 is 10.3 Å². The number of aromatic amines is 2. The minimum Gasteiger partial charge on any atom is -0.497 e. The quantitative estimate of drug-likeness (QED) is 0.515. The van der Waals surface area contributed by atoms with Gasteiger partial charge in [0, 0.05) is 12.1 Å². The first-order valence-corrected chi connectivity index (χ1v) is 9.55. The lowest BCUT2D eigenvalue weighted by Crippen LogP contribution is -2.32. The molecule has 0 aliphatic carbocycles. The summed E-state index contributed by atoms with van der Waals surface area (Å²) in [5, 5.41) is 7.49. The van der Waals surface area contributed by atoms with Crippen LogP contribution in [-0.4, -0.2) is 44.6 Å². The van der Waals surface area contributed by atoms with Gasteiger partial charge in [-0.2, -0.15) is 5.10 Å². The van der Waals surface area contributed by atoms with Gasteiger partial charge in [-0.15, -0.1) is 0 Å². The van der Waals surface area contributed by atoms with Gasteiger partial charge < -0.3 is 14.6 Å². The summed E-state index contributed by atoms with van der Waals surface area (Å²) in [6.07, 6.45) is 1.52. The molecule has 8 heteroatoms. The molecule has 0 spiro atoms. The Bertz CT molecular complexity index is 1240. The maximum Gasteiger partial charge on any atom is 0.258 e. The van der Waals surface area contributed by atoms with Crippen LogP contribution in [-0.2, 0) is 6.54 Å². The molecular weight excluding hydrogens is 382 g/mol. The zero-order chi connectivity index (χ0) is 21.1. The fourth-order valence-electron chi connectivity index (χ4n) is 3.31. The molecule has 0 aliphatic heterocycles. The molecule has 0 aliphatic rings. The minimum absolute atomic E-state index is 0.183. The van der Waals surface area contributed by atoms with Crippen LogP contribution in [0.2, 0.25) is 0 Å². The number of para-hydroxylation sites is 1. The summed E-state index contributed by atoms with van der Waals surface area (Å²) in [5.74, 6) is 0.962. The molecule has 0 unspecified atom stereocenters. The lowest BCUT2D eigenvalue weighted by atomic mass is 10.1. The molecule has 8 nitrogen and oxygen atoms in total. The van der Waals surface area contributed by atoms with Crippen molar-refractivity contribution in [3.8, 4) is 17.0 Å². The van der Waals surface area contributed by atoms with Crippen LogP contribution in [0.1, 0.15) is 23.1 Å². The molecule has 4 aromatic rings. The van der Waals surface area contributed by atoms with E-state index in [1.165, 1.54) is 6.20 Å². The van der Waals surface area contributed by atoms with E-state index in [0.717, 1.165) is 11.3 Å². The number of aromatic nitrogens is 4. The summed E-state index contributed by atoms with van der Waals surface area (Å²) in [6.45, 7) is 2.51. The highest BCUT2D eigenvalue weighted by atomic mass is 16.5. The van der Waals surface area contributed by atoms with Gasteiger partial charge in [-0.25, -0.2) is 4.98 Å². The molecular formula is C22H21N5O3. The maximum atomic E-state index is 13.2. The Labute approximate surface area is 172 Å². The van der Waals surface area contributed by atoms with E-state index < -0.39 is 0 Å². The highest BCUT2D eigenvalue weighted by Crippen LogP contribution is 2.25. The molecule has 0 bridgehead atoms. The molecule has 2 N–H and O–H groups in total. The van der Waals surface area contributed by atoms with Crippen LogP contribution in [0.4, 0.5) is 0 Å². The van der Waals surface area contributed by atoms with Crippen LogP contribution in [0.5, 0.6) is 5.75 Å². The average Bonchev–Trinajstić information content (AvgIpc) is 3.27. The number of hydrogen-bond donors (Lipinski definition) is 2. The maximum absolute atomic E-state index is 13.2. The lowest BCUT2D eigenvalue weighted by molar-refractivity contribution is 0.0749. The molecule has 4 rings (SSSR count). The molecule has 2 heterocycles. The number of methoxy groups -OCH3 is 1. The number of nitrogens with zero attached hydrogens (tertiary/aromatic N) is 3. The normalized spacial score (nSPS) is 10.9. The van der Waals surface area contributed by atoms with Gasteiger partial charge in [-0.05, 0) is 43.3 Å². The van der Waals surface area contributed by atoms with Crippen molar-refractivity contribution in [1.29, 1.82) is 0 Å². The Balaban J connectivity index is 1.62. The fourth-order valence-corrected chi connectivity index (χ4v) is 3.31. The van der Waals surface area contributed by atoms with Crippen molar-refractivity contribution in [1.82, 2.24) is 25.1 Å². The number of nitrogens with one attached hydrogen (secondary N) is 2. The van der Waals surface area contributed by atoms with Crippen molar-refractivity contribution in [2.45, 2.75) is 13.5 Å². The van der Waals surface area contributed by atoms with E-state index in [-0.39, 0.29) is 18.0 Å². The summed E-state index contributed by atoms with van der Waals surface area (Å²) >= 11 is 0. The molecule has 0 atom stereocenters. The fraction of sp³-hybridized carbons (Fsp3) is 0.182. The smallest absolute Gasteiger partial charge is 0.258 e. The SMILES string of the molecule is CCN(Cc1nc2ccccc2c(=O)[nH]1)C(=O)c1cn[nH]c1-c1ccc(OC)cc1. The number of hydrogen-bond acceptors (Lipinski definition) is 5. The summed E-state index contributed by atoms with van der Waals surface area (Å²) < 4.78 is 5.19. The number of carbonyl (C=O) groups is 1. The van der Waals surface area contributed by atoms with E-state index in [1.54, 1.807) is 30.2 Å². The second-order valence-corrected chi connectivity index (χ2v) is 6.74.